The molecule has 0 aromatic carbocycles. The van der Waals surface area contributed by atoms with Crippen LogP contribution in [0.3, 0.4) is 0 Å². The maximum atomic E-state index is 12.5. The van der Waals surface area contributed by atoms with E-state index in [9.17, 15) is 4.79 Å². The van der Waals surface area contributed by atoms with Gasteiger partial charge in [-0.3, -0.25) is 14.4 Å². The Labute approximate surface area is 138 Å². The van der Waals surface area contributed by atoms with E-state index in [0.29, 0.717) is 12.5 Å². The molecule has 3 rings (SSSR count). The highest BCUT2D eigenvalue weighted by Gasteiger charge is 2.28. The third-order valence-electron chi connectivity index (χ3n) is 4.84. The van der Waals surface area contributed by atoms with Crippen LogP contribution in [-0.4, -0.2) is 70.4 Å². The number of morpholine rings is 1. The second-order valence-electron chi connectivity index (χ2n) is 7.00. The summed E-state index contributed by atoms with van der Waals surface area (Å²) in [4.78, 5) is 16.8. The molecule has 128 valence electrons. The minimum Gasteiger partial charge on any atom is -0.372 e. The number of hydrogen-bond acceptors (Lipinski definition) is 4. The minimum atomic E-state index is 0.141. The van der Waals surface area contributed by atoms with Gasteiger partial charge in [-0.15, -0.1) is 0 Å². The predicted octanol–water partition coefficient (Wildman–Crippen LogP) is 1.23. The zero-order chi connectivity index (χ0) is 16.2. The number of ether oxygens (including phenoxy) is 1. The van der Waals surface area contributed by atoms with Crippen molar-refractivity contribution in [3.8, 4) is 0 Å². The monoisotopic (exact) mass is 320 g/mol. The van der Waals surface area contributed by atoms with Crippen LogP contribution in [-0.2, 0) is 16.1 Å². The summed E-state index contributed by atoms with van der Waals surface area (Å²) >= 11 is 0. The summed E-state index contributed by atoms with van der Waals surface area (Å²) in [6.45, 7) is 9.08. The summed E-state index contributed by atoms with van der Waals surface area (Å²) in [5.74, 6) is 0.919. The van der Waals surface area contributed by atoms with Gasteiger partial charge < -0.3 is 9.64 Å². The molecule has 0 spiro atoms. The fraction of sp³-hybridized carbons (Fsp3) is 0.765. The summed E-state index contributed by atoms with van der Waals surface area (Å²) in [5, 5.41) is 4.28. The quantitative estimate of drug-likeness (QED) is 0.837. The largest absolute Gasteiger partial charge is 0.372 e. The highest BCUT2D eigenvalue weighted by Crippen LogP contribution is 2.19. The van der Waals surface area contributed by atoms with Gasteiger partial charge in [0.15, 0.2) is 0 Å². The molecular weight excluding hydrogens is 292 g/mol. The normalized spacial score (nSPS) is 27.3. The minimum absolute atomic E-state index is 0.141. The Kier molecular flexibility index (Phi) is 5.33. The van der Waals surface area contributed by atoms with Gasteiger partial charge in [0.05, 0.1) is 18.8 Å². The Morgan fingerprint density at radius 3 is 2.52 bits per heavy atom. The zero-order valence-electron chi connectivity index (χ0n) is 14.2. The number of nitrogens with zero attached hydrogens (tertiary/aromatic N) is 4. The van der Waals surface area contributed by atoms with Crippen LogP contribution in [0.1, 0.15) is 26.7 Å². The molecule has 6 nitrogen and oxygen atoms in total. The van der Waals surface area contributed by atoms with Crippen LogP contribution in [0.5, 0.6) is 0 Å². The van der Waals surface area contributed by atoms with Gasteiger partial charge in [-0.1, -0.05) is 0 Å². The van der Waals surface area contributed by atoms with Gasteiger partial charge in [0.25, 0.3) is 0 Å². The van der Waals surface area contributed by atoms with E-state index in [1.165, 1.54) is 0 Å². The number of hydrogen-bond donors (Lipinski definition) is 0. The summed E-state index contributed by atoms with van der Waals surface area (Å²) in [6.07, 6.45) is 6.42. The SMILES string of the molecule is CC1CN(C(=O)CN2CCC(Cn3cccn3)CC2)CC(C)O1. The summed E-state index contributed by atoms with van der Waals surface area (Å²) in [5.41, 5.74) is 0. The predicted molar refractivity (Wildman–Crippen MR) is 88.0 cm³/mol. The van der Waals surface area contributed by atoms with E-state index in [4.69, 9.17) is 4.74 Å². The van der Waals surface area contributed by atoms with Crippen molar-refractivity contribution in [2.75, 3.05) is 32.7 Å². The second-order valence-corrected chi connectivity index (χ2v) is 7.00. The van der Waals surface area contributed by atoms with E-state index >= 15 is 0 Å². The lowest BCUT2D eigenvalue weighted by molar-refractivity contribution is -0.144. The summed E-state index contributed by atoms with van der Waals surface area (Å²) in [6, 6.07) is 1.97. The molecule has 2 aliphatic heterocycles. The standard InChI is InChI=1S/C17H28N4O2/c1-14-10-20(11-15(2)23-14)17(22)13-19-8-4-16(5-9-19)12-21-7-3-6-18-21/h3,6-7,14-16H,4-5,8-13H2,1-2H3. The van der Waals surface area contributed by atoms with Crippen LogP contribution in [0.2, 0.25) is 0 Å². The molecule has 0 aliphatic carbocycles. The maximum Gasteiger partial charge on any atom is 0.236 e. The third-order valence-corrected chi connectivity index (χ3v) is 4.84. The van der Waals surface area contributed by atoms with Crippen LogP contribution in [0, 0.1) is 5.92 Å². The first-order valence-corrected chi connectivity index (χ1v) is 8.73. The van der Waals surface area contributed by atoms with Crippen molar-refractivity contribution < 1.29 is 9.53 Å². The van der Waals surface area contributed by atoms with Crippen LogP contribution in [0.25, 0.3) is 0 Å². The molecule has 0 bridgehead atoms. The van der Waals surface area contributed by atoms with Gasteiger partial charge in [0.2, 0.25) is 5.91 Å². The van der Waals surface area contributed by atoms with Crippen LogP contribution in [0.15, 0.2) is 18.5 Å². The van der Waals surface area contributed by atoms with Crippen molar-refractivity contribution in [1.29, 1.82) is 0 Å². The Hall–Kier alpha value is -1.40. The lowest BCUT2D eigenvalue weighted by Crippen LogP contribution is -2.51. The number of aromatic nitrogens is 2. The Bertz CT molecular complexity index is 487. The number of carbonyl (C=O) groups is 1. The number of amides is 1. The van der Waals surface area contributed by atoms with Gasteiger partial charge in [-0.25, -0.2) is 0 Å². The molecule has 2 fully saturated rings. The molecule has 0 radical (unpaired) electrons. The van der Waals surface area contributed by atoms with Crippen molar-refractivity contribution in [2.24, 2.45) is 5.92 Å². The van der Waals surface area contributed by atoms with Crippen molar-refractivity contribution >= 4 is 5.91 Å². The molecular formula is C17H28N4O2. The smallest absolute Gasteiger partial charge is 0.236 e. The van der Waals surface area contributed by atoms with Crippen LogP contribution >= 0.6 is 0 Å². The summed E-state index contributed by atoms with van der Waals surface area (Å²) in [7, 11) is 0. The number of carbonyl (C=O) groups excluding carboxylic acids is 1. The average Bonchev–Trinajstić information content (AvgIpc) is 3.01. The molecule has 0 saturated carbocycles. The third kappa shape index (κ3) is 4.54. The van der Waals surface area contributed by atoms with E-state index in [1.807, 2.05) is 41.9 Å². The van der Waals surface area contributed by atoms with E-state index in [0.717, 1.165) is 45.6 Å². The molecule has 0 N–H and O–H groups in total. The first-order chi connectivity index (χ1) is 11.1. The highest BCUT2D eigenvalue weighted by atomic mass is 16.5. The fourth-order valence-electron chi connectivity index (χ4n) is 3.67. The number of piperidine rings is 1. The Morgan fingerprint density at radius 1 is 1.22 bits per heavy atom. The lowest BCUT2D eigenvalue weighted by atomic mass is 9.97. The van der Waals surface area contributed by atoms with E-state index < -0.39 is 0 Å². The topological polar surface area (TPSA) is 50.6 Å². The van der Waals surface area contributed by atoms with Crippen LogP contribution in [0.4, 0.5) is 0 Å². The molecule has 1 aromatic heterocycles. The average molecular weight is 320 g/mol. The van der Waals surface area contributed by atoms with Crippen molar-refractivity contribution in [3.05, 3.63) is 18.5 Å². The maximum absolute atomic E-state index is 12.5. The molecule has 2 unspecified atom stereocenters. The number of rotatable bonds is 4. The van der Waals surface area contributed by atoms with E-state index in [1.54, 1.807) is 0 Å². The molecule has 6 heteroatoms. The molecule has 3 heterocycles. The molecule has 1 aromatic rings. The van der Waals surface area contributed by atoms with Crippen molar-refractivity contribution in [3.63, 3.8) is 0 Å². The van der Waals surface area contributed by atoms with Crippen molar-refractivity contribution in [2.45, 2.75) is 45.4 Å². The van der Waals surface area contributed by atoms with E-state index in [2.05, 4.69) is 10.00 Å². The lowest BCUT2D eigenvalue weighted by Gasteiger charge is -2.37. The van der Waals surface area contributed by atoms with Crippen molar-refractivity contribution in [1.82, 2.24) is 19.6 Å². The van der Waals surface area contributed by atoms with Crippen LogP contribution < -0.4 is 0 Å². The van der Waals surface area contributed by atoms with Gasteiger partial charge in [-0.05, 0) is 51.8 Å². The Balaban J connectivity index is 1.42. The molecule has 2 saturated heterocycles. The molecule has 23 heavy (non-hydrogen) atoms. The van der Waals surface area contributed by atoms with Gasteiger partial charge in [0, 0.05) is 32.0 Å². The Morgan fingerprint density at radius 2 is 1.91 bits per heavy atom. The van der Waals surface area contributed by atoms with E-state index in [-0.39, 0.29) is 18.1 Å². The fourth-order valence-corrected chi connectivity index (χ4v) is 3.67. The summed E-state index contributed by atoms with van der Waals surface area (Å²) < 4.78 is 7.72. The first kappa shape index (κ1) is 16.5. The first-order valence-electron chi connectivity index (χ1n) is 8.73. The van der Waals surface area contributed by atoms with Gasteiger partial charge in [-0.2, -0.15) is 5.10 Å². The zero-order valence-corrected chi connectivity index (χ0v) is 14.2. The molecule has 2 atom stereocenters. The molecule has 2 aliphatic rings. The number of likely N-dealkylation sites (tertiary alicyclic amines) is 1. The second kappa shape index (κ2) is 7.45. The van der Waals surface area contributed by atoms with Gasteiger partial charge in [0.1, 0.15) is 0 Å². The highest BCUT2D eigenvalue weighted by molar-refractivity contribution is 5.78. The van der Waals surface area contributed by atoms with Gasteiger partial charge >= 0.3 is 0 Å². The molecule has 1 amide bonds.